The molecule has 3 aromatic rings. The van der Waals surface area contributed by atoms with Crippen LogP contribution < -0.4 is 20.1 Å². The van der Waals surface area contributed by atoms with E-state index in [-0.39, 0.29) is 13.2 Å². The van der Waals surface area contributed by atoms with E-state index in [4.69, 9.17) is 48.6 Å². The van der Waals surface area contributed by atoms with Gasteiger partial charge in [0.2, 0.25) is 0 Å². The number of fused-ring (bicyclic) bond motifs is 2. The molecule has 48 heavy (non-hydrogen) atoms. The molecule has 1 aliphatic heterocycles. The molecule has 254 valence electrons. The molecule has 0 fully saturated rings. The lowest BCUT2D eigenvalue weighted by atomic mass is 10.2. The molecule has 0 atom stereocenters. The summed E-state index contributed by atoms with van der Waals surface area (Å²) in [6, 6.07) is 27.6. The second-order valence-corrected chi connectivity index (χ2v) is 11.4. The van der Waals surface area contributed by atoms with E-state index in [2.05, 4.69) is 17.4 Å². The van der Waals surface area contributed by atoms with E-state index < -0.39 is 0 Å². The van der Waals surface area contributed by atoms with E-state index in [9.17, 15) is 0 Å². The van der Waals surface area contributed by atoms with Gasteiger partial charge in [-0.25, -0.2) is 9.98 Å². The van der Waals surface area contributed by atoms with Crippen molar-refractivity contribution in [3.8, 4) is 22.1 Å². The SMILES string of the molecule is OCCOCCOCCOc1ccc(N=c2ccc3nc4cccc(Nc5ccc(OCCOCCOCCO)cc5)c4sc-3c2)cc1. The second-order valence-electron chi connectivity index (χ2n) is 10.4. The number of nitrogens with zero attached hydrogens (tertiary/aromatic N) is 2. The van der Waals surface area contributed by atoms with Crippen molar-refractivity contribution in [1.82, 2.24) is 4.98 Å². The summed E-state index contributed by atoms with van der Waals surface area (Å²) >= 11 is 1.67. The van der Waals surface area contributed by atoms with E-state index >= 15 is 0 Å². The number of aromatic nitrogens is 1. The summed E-state index contributed by atoms with van der Waals surface area (Å²) in [5.41, 5.74) is 4.56. The van der Waals surface area contributed by atoms with Gasteiger partial charge < -0.3 is 44.0 Å². The first-order valence-electron chi connectivity index (χ1n) is 15.9. The van der Waals surface area contributed by atoms with E-state index in [1.807, 2.05) is 72.8 Å². The first-order valence-corrected chi connectivity index (χ1v) is 16.7. The molecule has 5 rings (SSSR count). The molecule has 0 spiro atoms. The third-order valence-corrected chi connectivity index (χ3v) is 8.01. The summed E-state index contributed by atoms with van der Waals surface area (Å²) in [6.45, 7) is 4.27. The fraction of sp³-hybridized carbons (Fsp3) is 0.333. The van der Waals surface area contributed by atoms with Gasteiger partial charge in [-0.1, -0.05) is 6.07 Å². The van der Waals surface area contributed by atoms with E-state index in [0.29, 0.717) is 66.1 Å². The van der Waals surface area contributed by atoms with Crippen molar-refractivity contribution in [3.63, 3.8) is 0 Å². The van der Waals surface area contributed by atoms with Crippen molar-refractivity contribution in [2.24, 2.45) is 4.99 Å². The van der Waals surface area contributed by atoms with Crippen molar-refractivity contribution in [3.05, 3.63) is 90.3 Å². The Morgan fingerprint density at radius 2 is 1.21 bits per heavy atom. The zero-order chi connectivity index (χ0) is 33.2. The lowest BCUT2D eigenvalue weighted by Crippen LogP contribution is -2.11. The molecule has 3 N–H and O–H groups in total. The molecule has 0 saturated heterocycles. The number of anilines is 2. The van der Waals surface area contributed by atoms with Crippen molar-refractivity contribution in [2.75, 3.05) is 84.6 Å². The summed E-state index contributed by atoms with van der Waals surface area (Å²) in [4.78, 5) is 10.8. The maximum atomic E-state index is 8.71. The molecule has 0 bridgehead atoms. The van der Waals surface area contributed by atoms with Crippen LogP contribution in [0.15, 0.2) is 89.9 Å². The fourth-order valence-corrected chi connectivity index (χ4v) is 5.64. The van der Waals surface area contributed by atoms with E-state index in [1.54, 1.807) is 11.3 Å². The Balaban J connectivity index is 1.17. The summed E-state index contributed by atoms with van der Waals surface area (Å²) in [5, 5.41) is 21.8. The van der Waals surface area contributed by atoms with Gasteiger partial charge >= 0.3 is 0 Å². The van der Waals surface area contributed by atoms with Crippen LogP contribution in [-0.2, 0) is 18.9 Å². The molecule has 1 heterocycles. The molecule has 12 heteroatoms. The van der Waals surface area contributed by atoms with Crippen molar-refractivity contribution in [2.45, 2.75) is 0 Å². The fourth-order valence-electron chi connectivity index (χ4n) is 4.57. The summed E-state index contributed by atoms with van der Waals surface area (Å²) in [5.74, 6) is 1.51. The lowest BCUT2D eigenvalue weighted by molar-refractivity contribution is 0.0247. The van der Waals surface area contributed by atoms with Crippen LogP contribution in [0.1, 0.15) is 0 Å². The Bertz CT molecular complexity index is 1700. The maximum Gasteiger partial charge on any atom is 0.119 e. The van der Waals surface area contributed by atoms with Gasteiger partial charge in [-0.15, -0.1) is 11.3 Å². The molecule has 0 saturated carbocycles. The van der Waals surface area contributed by atoms with E-state index in [0.717, 1.165) is 54.7 Å². The standard InChI is InChI=1S/C36H41N3O8S/c40-14-16-42-18-20-44-22-24-46-30-9-4-27(5-10-30)37-29-8-13-32-35(26-29)48-36-33(2-1-3-34(36)39-32)38-28-6-11-31(12-7-28)47-25-23-45-21-19-43-17-15-41/h1-13,26,38,40-41H,14-25H2. The van der Waals surface area contributed by atoms with Crippen LogP contribution in [0.2, 0.25) is 0 Å². The highest BCUT2D eigenvalue weighted by atomic mass is 32.1. The highest BCUT2D eigenvalue weighted by molar-refractivity contribution is 7.22. The minimum absolute atomic E-state index is 0.0123. The van der Waals surface area contributed by atoms with Crippen LogP contribution in [0, 0.1) is 0 Å². The summed E-state index contributed by atoms with van der Waals surface area (Å²) in [6.07, 6.45) is 0. The minimum atomic E-state index is 0.0123. The highest BCUT2D eigenvalue weighted by Crippen LogP contribution is 2.35. The zero-order valence-electron chi connectivity index (χ0n) is 26.7. The van der Waals surface area contributed by atoms with Gasteiger partial charge in [0.1, 0.15) is 24.7 Å². The smallest absolute Gasteiger partial charge is 0.119 e. The largest absolute Gasteiger partial charge is 0.491 e. The maximum absolute atomic E-state index is 8.71. The lowest BCUT2D eigenvalue weighted by Gasteiger charge is -2.12. The molecule has 2 aliphatic rings. The molecule has 1 aliphatic carbocycles. The highest BCUT2D eigenvalue weighted by Gasteiger charge is 2.11. The van der Waals surface area contributed by atoms with Gasteiger partial charge in [-0.3, -0.25) is 0 Å². The van der Waals surface area contributed by atoms with Crippen LogP contribution >= 0.6 is 11.3 Å². The average molecular weight is 676 g/mol. The van der Waals surface area contributed by atoms with Crippen molar-refractivity contribution >= 4 is 38.6 Å². The molecule has 0 unspecified atom stereocenters. The second kappa shape index (κ2) is 19.6. The average Bonchev–Trinajstić information content (AvgIpc) is 3.11. The topological polar surface area (TPSA) is 133 Å². The van der Waals surface area contributed by atoms with Crippen LogP contribution in [0.25, 0.3) is 20.8 Å². The third-order valence-electron chi connectivity index (χ3n) is 6.83. The van der Waals surface area contributed by atoms with Gasteiger partial charge in [0.05, 0.1) is 104 Å². The van der Waals surface area contributed by atoms with E-state index in [1.165, 1.54) is 0 Å². The normalized spacial score (nSPS) is 11.8. The van der Waals surface area contributed by atoms with Crippen molar-refractivity contribution < 1.29 is 38.6 Å². The van der Waals surface area contributed by atoms with Crippen LogP contribution in [0.3, 0.4) is 0 Å². The summed E-state index contributed by atoms with van der Waals surface area (Å²) < 4.78 is 33.9. The number of hydrogen-bond donors (Lipinski definition) is 3. The van der Waals surface area contributed by atoms with Gasteiger partial charge in [0.15, 0.2) is 0 Å². The Morgan fingerprint density at radius 1 is 0.625 bits per heavy atom. The van der Waals surface area contributed by atoms with Gasteiger partial charge in [0.25, 0.3) is 0 Å². The number of rotatable bonds is 21. The molecule has 0 radical (unpaired) electrons. The Morgan fingerprint density at radius 3 is 1.83 bits per heavy atom. The van der Waals surface area contributed by atoms with Gasteiger partial charge in [-0.05, 0) is 78.9 Å². The number of hydrogen-bond acceptors (Lipinski definition) is 12. The molecular formula is C36H41N3O8S. The molecule has 0 amide bonds. The van der Waals surface area contributed by atoms with Crippen LogP contribution in [-0.4, -0.2) is 94.5 Å². The minimum Gasteiger partial charge on any atom is -0.491 e. The Labute approximate surface area is 283 Å². The quantitative estimate of drug-likeness (QED) is 0.0706. The zero-order valence-corrected chi connectivity index (χ0v) is 27.5. The number of nitrogens with one attached hydrogen (secondary N) is 1. The van der Waals surface area contributed by atoms with Crippen LogP contribution in [0.5, 0.6) is 11.5 Å². The van der Waals surface area contributed by atoms with Gasteiger partial charge in [0, 0.05) is 5.69 Å². The first kappa shape index (κ1) is 35.2. The van der Waals surface area contributed by atoms with Crippen LogP contribution in [0.4, 0.5) is 17.1 Å². The molecular weight excluding hydrogens is 634 g/mol. The first-order chi connectivity index (χ1) is 23.7. The number of ether oxygens (including phenoxy) is 6. The Kier molecular flexibility index (Phi) is 14.4. The van der Waals surface area contributed by atoms with Crippen molar-refractivity contribution in [1.29, 1.82) is 0 Å². The number of aliphatic hydroxyl groups is 2. The predicted molar refractivity (Wildman–Crippen MR) is 186 cm³/mol. The molecule has 3 aromatic carbocycles. The molecule has 0 aromatic heterocycles. The van der Waals surface area contributed by atoms with Gasteiger partial charge in [-0.2, -0.15) is 0 Å². The predicted octanol–water partition coefficient (Wildman–Crippen LogP) is 5.19. The third kappa shape index (κ3) is 11.2. The monoisotopic (exact) mass is 675 g/mol. The molecule has 11 nitrogen and oxygen atoms in total. The summed E-state index contributed by atoms with van der Waals surface area (Å²) in [7, 11) is 0. The Hall–Kier alpha value is -4.14. The number of benzene rings is 4. The number of aliphatic hydroxyl groups excluding tert-OH is 2.